The molecule has 0 radical (unpaired) electrons. The summed E-state index contributed by atoms with van der Waals surface area (Å²) in [4.78, 5) is 12.3. The summed E-state index contributed by atoms with van der Waals surface area (Å²) < 4.78 is 7.64. The van der Waals surface area contributed by atoms with E-state index in [9.17, 15) is 4.79 Å². The molecule has 0 spiro atoms. The number of benzene rings is 2. The van der Waals surface area contributed by atoms with Crippen molar-refractivity contribution in [3.8, 4) is 11.5 Å². The van der Waals surface area contributed by atoms with Crippen molar-refractivity contribution in [3.05, 3.63) is 77.1 Å². The smallest absolute Gasteiger partial charge is 0.224 e. The monoisotopic (exact) mass is 349 g/mol. The van der Waals surface area contributed by atoms with Gasteiger partial charge in [-0.3, -0.25) is 9.48 Å². The summed E-state index contributed by atoms with van der Waals surface area (Å²) in [5, 5.41) is 7.32. The van der Waals surface area contributed by atoms with Gasteiger partial charge in [0.15, 0.2) is 0 Å². The zero-order chi connectivity index (χ0) is 18.5. The van der Waals surface area contributed by atoms with Crippen LogP contribution >= 0.6 is 0 Å². The summed E-state index contributed by atoms with van der Waals surface area (Å²) in [6.07, 6.45) is 0.339. The standard InChI is InChI=1S/C21H23N3O2/c1-15-20(16(2)24(3)23-15)13-21(25)22-14-17-8-7-11-19(12-17)26-18-9-5-4-6-10-18/h4-12H,13-14H2,1-3H3,(H,22,25). The van der Waals surface area contributed by atoms with E-state index in [1.165, 1.54) is 0 Å². The predicted molar refractivity (Wildman–Crippen MR) is 101 cm³/mol. The quantitative estimate of drug-likeness (QED) is 0.738. The number of hydrogen-bond donors (Lipinski definition) is 1. The fraction of sp³-hybridized carbons (Fsp3) is 0.238. The number of nitrogens with zero attached hydrogens (tertiary/aromatic N) is 2. The van der Waals surface area contributed by atoms with E-state index >= 15 is 0 Å². The third-order valence-corrected chi connectivity index (χ3v) is 4.36. The Morgan fingerprint density at radius 3 is 2.50 bits per heavy atom. The molecule has 5 heteroatoms. The molecule has 134 valence electrons. The lowest BCUT2D eigenvalue weighted by atomic mass is 10.1. The summed E-state index contributed by atoms with van der Waals surface area (Å²) in [7, 11) is 1.89. The van der Waals surface area contributed by atoms with Crippen molar-refractivity contribution in [2.45, 2.75) is 26.8 Å². The predicted octanol–water partition coefficient (Wildman–Crippen LogP) is 3.69. The first-order valence-corrected chi connectivity index (χ1v) is 8.60. The second-order valence-corrected chi connectivity index (χ2v) is 6.29. The van der Waals surface area contributed by atoms with E-state index in [1.807, 2.05) is 80.2 Å². The maximum absolute atomic E-state index is 12.3. The van der Waals surface area contributed by atoms with Gasteiger partial charge in [0.05, 0.1) is 12.1 Å². The van der Waals surface area contributed by atoms with Crippen LogP contribution in [0.5, 0.6) is 11.5 Å². The van der Waals surface area contributed by atoms with Crippen LogP contribution < -0.4 is 10.1 Å². The van der Waals surface area contributed by atoms with E-state index in [0.717, 1.165) is 34.0 Å². The lowest BCUT2D eigenvalue weighted by Gasteiger charge is -2.09. The Morgan fingerprint density at radius 2 is 1.81 bits per heavy atom. The van der Waals surface area contributed by atoms with E-state index in [-0.39, 0.29) is 5.91 Å². The second-order valence-electron chi connectivity index (χ2n) is 6.29. The van der Waals surface area contributed by atoms with Gasteiger partial charge in [0, 0.05) is 24.8 Å². The van der Waals surface area contributed by atoms with Gasteiger partial charge in [0.1, 0.15) is 11.5 Å². The molecule has 1 aromatic heterocycles. The number of hydrogen-bond acceptors (Lipinski definition) is 3. The number of carbonyl (C=O) groups excluding carboxylic acids is 1. The molecule has 0 fully saturated rings. The number of ether oxygens (including phenoxy) is 1. The van der Waals surface area contributed by atoms with E-state index in [1.54, 1.807) is 0 Å². The zero-order valence-electron chi connectivity index (χ0n) is 15.3. The molecule has 0 saturated heterocycles. The topological polar surface area (TPSA) is 56.2 Å². The lowest BCUT2D eigenvalue weighted by molar-refractivity contribution is -0.120. The molecule has 0 saturated carbocycles. The van der Waals surface area contributed by atoms with Gasteiger partial charge in [-0.05, 0) is 43.7 Å². The van der Waals surface area contributed by atoms with Crippen molar-refractivity contribution < 1.29 is 9.53 Å². The second kappa shape index (κ2) is 7.87. The highest BCUT2D eigenvalue weighted by molar-refractivity contribution is 5.79. The minimum absolute atomic E-state index is 0.0152. The Kier molecular flexibility index (Phi) is 5.37. The number of nitrogens with one attached hydrogen (secondary N) is 1. The highest BCUT2D eigenvalue weighted by atomic mass is 16.5. The van der Waals surface area contributed by atoms with E-state index < -0.39 is 0 Å². The number of rotatable bonds is 6. The van der Waals surface area contributed by atoms with Gasteiger partial charge < -0.3 is 10.1 Å². The van der Waals surface area contributed by atoms with Crippen LogP contribution in [0.2, 0.25) is 0 Å². The molecular formula is C21H23N3O2. The number of para-hydroxylation sites is 1. The Labute approximate surface area is 153 Å². The summed E-state index contributed by atoms with van der Waals surface area (Å²) >= 11 is 0. The van der Waals surface area contributed by atoms with Crippen LogP contribution in [0.3, 0.4) is 0 Å². The van der Waals surface area contributed by atoms with E-state index in [4.69, 9.17) is 4.74 Å². The van der Waals surface area contributed by atoms with Crippen LogP contribution in [0.25, 0.3) is 0 Å². The third kappa shape index (κ3) is 4.30. The molecule has 0 atom stereocenters. The molecule has 3 rings (SSSR count). The van der Waals surface area contributed by atoms with Gasteiger partial charge >= 0.3 is 0 Å². The third-order valence-electron chi connectivity index (χ3n) is 4.36. The Bertz CT molecular complexity index is 901. The molecule has 1 amide bonds. The number of carbonyl (C=O) groups is 1. The molecule has 1 heterocycles. The molecule has 0 unspecified atom stereocenters. The van der Waals surface area contributed by atoms with Crippen LogP contribution in [-0.4, -0.2) is 15.7 Å². The number of aryl methyl sites for hydroxylation is 2. The van der Waals surface area contributed by atoms with E-state index in [2.05, 4.69) is 10.4 Å². The largest absolute Gasteiger partial charge is 0.457 e. The molecular weight excluding hydrogens is 326 g/mol. The Morgan fingerprint density at radius 1 is 1.08 bits per heavy atom. The molecule has 0 aliphatic rings. The van der Waals surface area contributed by atoms with Crippen molar-refractivity contribution in [3.63, 3.8) is 0 Å². The van der Waals surface area contributed by atoms with Crippen LogP contribution in [0, 0.1) is 13.8 Å². The van der Waals surface area contributed by atoms with Gasteiger partial charge in [-0.1, -0.05) is 30.3 Å². The summed E-state index contributed by atoms with van der Waals surface area (Å²) in [6.45, 7) is 4.37. The van der Waals surface area contributed by atoms with Crippen molar-refractivity contribution in [1.29, 1.82) is 0 Å². The van der Waals surface area contributed by atoms with Crippen LogP contribution in [0.1, 0.15) is 22.5 Å². The zero-order valence-corrected chi connectivity index (χ0v) is 15.3. The van der Waals surface area contributed by atoms with Crippen molar-refractivity contribution in [2.24, 2.45) is 7.05 Å². The average molecular weight is 349 g/mol. The molecule has 0 aliphatic carbocycles. The van der Waals surface area contributed by atoms with Crippen molar-refractivity contribution in [2.75, 3.05) is 0 Å². The SMILES string of the molecule is Cc1nn(C)c(C)c1CC(=O)NCc1cccc(Oc2ccccc2)c1. The summed E-state index contributed by atoms with van der Waals surface area (Å²) in [6, 6.07) is 17.4. The van der Waals surface area contributed by atoms with Gasteiger partial charge in [0.25, 0.3) is 0 Å². The fourth-order valence-corrected chi connectivity index (χ4v) is 2.84. The number of amides is 1. The first-order chi connectivity index (χ1) is 12.5. The Hall–Kier alpha value is -3.08. The van der Waals surface area contributed by atoms with Crippen LogP contribution in [-0.2, 0) is 24.8 Å². The summed E-state index contributed by atoms with van der Waals surface area (Å²) in [5.74, 6) is 1.52. The van der Waals surface area contributed by atoms with Gasteiger partial charge in [-0.25, -0.2) is 0 Å². The number of aromatic nitrogens is 2. The van der Waals surface area contributed by atoms with Crippen LogP contribution in [0.4, 0.5) is 0 Å². The highest BCUT2D eigenvalue weighted by Gasteiger charge is 2.13. The minimum Gasteiger partial charge on any atom is -0.457 e. The fourth-order valence-electron chi connectivity index (χ4n) is 2.84. The van der Waals surface area contributed by atoms with E-state index in [0.29, 0.717) is 13.0 Å². The molecule has 2 aromatic carbocycles. The van der Waals surface area contributed by atoms with Gasteiger partial charge in [0.2, 0.25) is 5.91 Å². The molecule has 26 heavy (non-hydrogen) atoms. The molecule has 1 N–H and O–H groups in total. The first-order valence-electron chi connectivity index (χ1n) is 8.60. The summed E-state index contributed by atoms with van der Waals surface area (Å²) in [5.41, 5.74) is 3.91. The maximum Gasteiger partial charge on any atom is 0.224 e. The average Bonchev–Trinajstić information content (AvgIpc) is 2.87. The lowest BCUT2D eigenvalue weighted by Crippen LogP contribution is -2.25. The minimum atomic E-state index is -0.0152. The van der Waals surface area contributed by atoms with Crippen molar-refractivity contribution >= 4 is 5.91 Å². The van der Waals surface area contributed by atoms with Gasteiger partial charge in [-0.15, -0.1) is 0 Å². The van der Waals surface area contributed by atoms with Crippen LogP contribution in [0.15, 0.2) is 54.6 Å². The molecule has 5 nitrogen and oxygen atoms in total. The first kappa shape index (κ1) is 17.7. The molecule has 0 aliphatic heterocycles. The maximum atomic E-state index is 12.3. The van der Waals surface area contributed by atoms with Crippen molar-refractivity contribution in [1.82, 2.24) is 15.1 Å². The molecule has 3 aromatic rings. The Balaban J connectivity index is 1.59. The van der Waals surface area contributed by atoms with Gasteiger partial charge in [-0.2, -0.15) is 5.10 Å². The normalized spacial score (nSPS) is 10.6. The molecule has 0 bridgehead atoms. The highest BCUT2D eigenvalue weighted by Crippen LogP contribution is 2.21.